The SMILES string of the molecule is O=C(O)[C@@](O)(CO)[C@H]1O[C@H](CO)[C@@H](O)[C@H](O)[C@@H]1O. The molecule has 0 unspecified atom stereocenters. The molecule has 1 fully saturated rings. The highest BCUT2D eigenvalue weighted by Gasteiger charge is 2.55. The van der Waals surface area contributed by atoms with Gasteiger partial charge >= 0.3 is 5.97 Å². The number of carboxylic acids is 1. The first-order valence-corrected chi connectivity index (χ1v) is 5.16. The topological polar surface area (TPSA) is 168 Å². The molecule has 1 saturated heterocycles. The van der Waals surface area contributed by atoms with Crippen LogP contribution in [-0.4, -0.2) is 91.0 Å². The first-order chi connectivity index (χ1) is 8.29. The molecular formula is C9H16O9. The average Bonchev–Trinajstić information content (AvgIpc) is 2.35. The van der Waals surface area contributed by atoms with Crippen LogP contribution in [0.25, 0.3) is 0 Å². The molecule has 1 heterocycles. The maximum absolute atomic E-state index is 10.9. The molecule has 0 aromatic rings. The summed E-state index contributed by atoms with van der Waals surface area (Å²) >= 11 is 0. The molecule has 0 spiro atoms. The summed E-state index contributed by atoms with van der Waals surface area (Å²) in [6.07, 6.45) is -8.67. The van der Waals surface area contributed by atoms with Crippen LogP contribution in [0.2, 0.25) is 0 Å². The summed E-state index contributed by atoms with van der Waals surface area (Å²) in [6.45, 7) is -2.03. The molecule has 6 atom stereocenters. The fraction of sp³-hybridized carbons (Fsp3) is 0.889. The number of rotatable bonds is 4. The molecule has 0 bridgehead atoms. The van der Waals surface area contributed by atoms with Crippen molar-refractivity contribution in [3.05, 3.63) is 0 Å². The van der Waals surface area contributed by atoms with Crippen molar-refractivity contribution in [3.63, 3.8) is 0 Å². The van der Waals surface area contributed by atoms with Crippen LogP contribution in [0.1, 0.15) is 0 Å². The summed E-state index contributed by atoms with van der Waals surface area (Å²) < 4.78 is 4.85. The van der Waals surface area contributed by atoms with Gasteiger partial charge < -0.3 is 40.5 Å². The van der Waals surface area contributed by atoms with Gasteiger partial charge in [-0.2, -0.15) is 0 Å². The summed E-state index contributed by atoms with van der Waals surface area (Å²) in [5, 5.41) is 64.8. The van der Waals surface area contributed by atoms with Gasteiger partial charge in [0.1, 0.15) is 30.5 Å². The molecule has 0 radical (unpaired) electrons. The molecule has 9 nitrogen and oxygen atoms in total. The Kier molecular flexibility index (Phi) is 4.61. The van der Waals surface area contributed by atoms with Gasteiger partial charge in [0, 0.05) is 0 Å². The Hall–Kier alpha value is -0.810. The number of hydrogen-bond acceptors (Lipinski definition) is 8. The predicted octanol–water partition coefficient (Wildman–Crippen LogP) is -4.36. The number of aliphatic carboxylic acids is 1. The van der Waals surface area contributed by atoms with Crippen molar-refractivity contribution in [2.45, 2.75) is 36.1 Å². The first-order valence-electron chi connectivity index (χ1n) is 5.16. The molecule has 18 heavy (non-hydrogen) atoms. The molecule has 0 aromatic heterocycles. The van der Waals surface area contributed by atoms with Crippen LogP contribution in [-0.2, 0) is 9.53 Å². The van der Waals surface area contributed by atoms with Crippen molar-refractivity contribution >= 4 is 5.97 Å². The lowest BCUT2D eigenvalue weighted by Crippen LogP contribution is -2.68. The first kappa shape index (κ1) is 15.2. The molecule has 0 amide bonds. The Balaban J connectivity index is 3.04. The second-order valence-corrected chi connectivity index (χ2v) is 4.14. The molecule has 1 aliphatic rings. The van der Waals surface area contributed by atoms with Gasteiger partial charge in [0.15, 0.2) is 0 Å². The Morgan fingerprint density at radius 1 is 1.11 bits per heavy atom. The predicted molar refractivity (Wildman–Crippen MR) is 53.4 cm³/mol. The van der Waals surface area contributed by atoms with E-state index < -0.39 is 55.3 Å². The molecule has 9 heteroatoms. The third-order valence-corrected chi connectivity index (χ3v) is 2.97. The van der Waals surface area contributed by atoms with Crippen LogP contribution in [0.3, 0.4) is 0 Å². The van der Waals surface area contributed by atoms with E-state index in [1.807, 2.05) is 0 Å². The van der Waals surface area contributed by atoms with Gasteiger partial charge in [-0.3, -0.25) is 0 Å². The van der Waals surface area contributed by atoms with E-state index >= 15 is 0 Å². The fourth-order valence-electron chi connectivity index (χ4n) is 1.78. The Bertz CT molecular complexity index is 306. The third-order valence-electron chi connectivity index (χ3n) is 2.97. The summed E-state index contributed by atoms with van der Waals surface area (Å²) in [6, 6.07) is 0. The highest BCUT2D eigenvalue weighted by atomic mass is 16.6. The molecule has 0 aliphatic carbocycles. The van der Waals surface area contributed by atoms with Crippen LogP contribution >= 0.6 is 0 Å². The highest BCUT2D eigenvalue weighted by Crippen LogP contribution is 2.28. The Morgan fingerprint density at radius 3 is 2.06 bits per heavy atom. The Labute approximate surface area is 101 Å². The number of ether oxygens (including phenoxy) is 1. The zero-order valence-corrected chi connectivity index (χ0v) is 9.25. The van der Waals surface area contributed by atoms with Gasteiger partial charge in [0.25, 0.3) is 0 Å². The second kappa shape index (κ2) is 5.45. The molecule has 1 aliphatic heterocycles. The van der Waals surface area contributed by atoms with Crippen LogP contribution in [0.15, 0.2) is 0 Å². The van der Waals surface area contributed by atoms with Crippen LogP contribution in [0.4, 0.5) is 0 Å². The zero-order valence-electron chi connectivity index (χ0n) is 9.25. The van der Waals surface area contributed by atoms with E-state index in [4.69, 9.17) is 20.1 Å². The smallest absolute Gasteiger partial charge is 0.341 e. The molecular weight excluding hydrogens is 252 g/mol. The molecule has 1 rings (SSSR count). The van der Waals surface area contributed by atoms with Crippen LogP contribution in [0.5, 0.6) is 0 Å². The van der Waals surface area contributed by atoms with Gasteiger partial charge in [-0.25, -0.2) is 4.79 Å². The van der Waals surface area contributed by atoms with Crippen LogP contribution in [0, 0.1) is 0 Å². The Morgan fingerprint density at radius 2 is 1.67 bits per heavy atom. The number of hydrogen-bond donors (Lipinski definition) is 7. The maximum Gasteiger partial charge on any atom is 0.341 e. The van der Waals surface area contributed by atoms with E-state index in [1.54, 1.807) is 0 Å². The number of carbonyl (C=O) groups is 1. The van der Waals surface area contributed by atoms with E-state index in [-0.39, 0.29) is 0 Å². The van der Waals surface area contributed by atoms with E-state index in [9.17, 15) is 25.2 Å². The number of carboxylic acid groups (broad SMARTS) is 1. The van der Waals surface area contributed by atoms with Crippen molar-refractivity contribution in [2.24, 2.45) is 0 Å². The van der Waals surface area contributed by atoms with Crippen molar-refractivity contribution in [2.75, 3.05) is 13.2 Å². The standard InChI is InChI=1S/C9H16O9/c10-1-3-4(12)5(13)6(14)7(18-3)9(17,2-11)8(15)16/h3-7,10-14,17H,1-2H2,(H,15,16)/t3-,4-,5+,6+,7+,9-/m1/s1. The minimum absolute atomic E-state index is 0.761. The van der Waals surface area contributed by atoms with Crippen molar-refractivity contribution < 1.29 is 45.3 Å². The molecule has 7 N–H and O–H groups in total. The summed E-state index contributed by atoms with van der Waals surface area (Å²) in [5.74, 6) is -1.87. The minimum atomic E-state index is -2.85. The monoisotopic (exact) mass is 268 g/mol. The minimum Gasteiger partial charge on any atom is -0.479 e. The largest absolute Gasteiger partial charge is 0.479 e. The quantitative estimate of drug-likeness (QED) is 0.266. The second-order valence-electron chi connectivity index (χ2n) is 4.14. The lowest BCUT2D eigenvalue weighted by Gasteiger charge is -2.44. The average molecular weight is 268 g/mol. The fourth-order valence-corrected chi connectivity index (χ4v) is 1.78. The maximum atomic E-state index is 10.9. The van der Waals surface area contributed by atoms with Gasteiger partial charge in [0.2, 0.25) is 5.60 Å². The number of aliphatic hydroxyl groups excluding tert-OH is 5. The lowest BCUT2D eigenvalue weighted by molar-refractivity contribution is -0.274. The van der Waals surface area contributed by atoms with Gasteiger partial charge in [-0.05, 0) is 0 Å². The van der Waals surface area contributed by atoms with Crippen molar-refractivity contribution in [3.8, 4) is 0 Å². The third kappa shape index (κ3) is 2.34. The summed E-state index contributed by atoms with van der Waals surface area (Å²) in [5.41, 5.74) is -2.85. The normalized spacial score (nSPS) is 40.2. The van der Waals surface area contributed by atoms with E-state index in [0.717, 1.165) is 0 Å². The molecule has 106 valence electrons. The lowest BCUT2D eigenvalue weighted by atomic mass is 9.85. The van der Waals surface area contributed by atoms with Gasteiger partial charge in [-0.15, -0.1) is 0 Å². The zero-order chi connectivity index (χ0) is 14.1. The molecule has 0 saturated carbocycles. The van der Waals surface area contributed by atoms with Gasteiger partial charge in [0.05, 0.1) is 13.2 Å². The molecule has 0 aromatic carbocycles. The summed E-state index contributed by atoms with van der Waals surface area (Å²) in [4.78, 5) is 10.9. The highest BCUT2D eigenvalue weighted by molar-refractivity contribution is 5.78. The summed E-state index contributed by atoms with van der Waals surface area (Å²) in [7, 11) is 0. The van der Waals surface area contributed by atoms with E-state index in [2.05, 4.69) is 0 Å². The van der Waals surface area contributed by atoms with E-state index in [1.165, 1.54) is 0 Å². The van der Waals surface area contributed by atoms with Crippen LogP contribution < -0.4 is 0 Å². The number of aliphatic hydroxyl groups is 6. The van der Waals surface area contributed by atoms with Crippen molar-refractivity contribution in [1.29, 1.82) is 0 Å². The van der Waals surface area contributed by atoms with E-state index in [0.29, 0.717) is 0 Å². The van der Waals surface area contributed by atoms with Gasteiger partial charge in [-0.1, -0.05) is 0 Å². The van der Waals surface area contributed by atoms with Crippen molar-refractivity contribution in [1.82, 2.24) is 0 Å².